The van der Waals surface area contributed by atoms with Crippen LogP contribution in [0, 0.1) is 23.9 Å². The summed E-state index contributed by atoms with van der Waals surface area (Å²) in [5.41, 5.74) is 15.1. The highest BCUT2D eigenvalue weighted by atomic mass is 32.1. The number of thiol groups is 1. The van der Waals surface area contributed by atoms with E-state index < -0.39 is 11.9 Å². The van der Waals surface area contributed by atoms with Gasteiger partial charge in [0.25, 0.3) is 0 Å². The largest absolute Gasteiger partial charge is 0.394 e. The van der Waals surface area contributed by atoms with E-state index in [0.29, 0.717) is 6.04 Å². The Hall–Kier alpha value is -3.03. The number of carbonyl (C=O) groups is 4. The molecule has 0 aliphatic carbocycles. The van der Waals surface area contributed by atoms with Crippen molar-refractivity contribution in [3.8, 4) is 12.8 Å². The lowest BCUT2D eigenvalue weighted by molar-refractivity contribution is -0.156. The van der Waals surface area contributed by atoms with E-state index >= 15 is 0 Å². The first-order valence-corrected chi connectivity index (χ1v) is 8.79. The minimum absolute atomic E-state index is 0. The fourth-order valence-corrected chi connectivity index (χ4v) is 0.450. The molecule has 2 amide bonds. The predicted octanol–water partition coefficient (Wildman–Crippen LogP) is 4.31. The molecule has 0 saturated carbocycles. The zero-order valence-electron chi connectivity index (χ0n) is 19.3. The van der Waals surface area contributed by atoms with Gasteiger partial charge in [0.05, 0.1) is 0 Å². The van der Waals surface area contributed by atoms with Gasteiger partial charge < -0.3 is 10.5 Å². The highest BCUT2D eigenvalue weighted by molar-refractivity contribution is 7.79. The zero-order chi connectivity index (χ0) is 26.7. The van der Waals surface area contributed by atoms with Gasteiger partial charge in [-0.15, -0.1) is 26.0 Å². The van der Waals surface area contributed by atoms with Crippen molar-refractivity contribution in [2.75, 3.05) is 6.26 Å². The molecule has 0 aliphatic heterocycles. The van der Waals surface area contributed by atoms with Crippen LogP contribution >= 0.6 is 12.6 Å². The SMILES string of the molecule is C.C#C.C=C.C=CC=C.CC(=O)NC(C)=O.CC(=O)OC(C)=O.CC(C)N.CS.N=N. The molecule has 10 heteroatoms. The second kappa shape index (κ2) is 71.3. The second-order valence-corrected chi connectivity index (χ2v) is 4.04. The molecule has 0 aromatic heterocycles. The molecule has 0 atom stereocenters. The van der Waals surface area contributed by atoms with Crippen molar-refractivity contribution in [3.05, 3.63) is 38.5 Å². The van der Waals surface area contributed by atoms with Gasteiger partial charge in [-0.1, -0.05) is 46.6 Å². The van der Waals surface area contributed by atoms with Crippen molar-refractivity contribution >= 4 is 36.4 Å². The fraction of sp³-hybridized carbons (Fsp3) is 0.429. The first-order chi connectivity index (χ1) is 13.9. The van der Waals surface area contributed by atoms with Gasteiger partial charge in [0, 0.05) is 27.7 Å². The molecule has 0 fully saturated rings. The predicted molar refractivity (Wildman–Crippen MR) is 135 cm³/mol. The van der Waals surface area contributed by atoms with Gasteiger partial charge in [0.15, 0.2) is 0 Å². The number of nitrogens with one attached hydrogen (secondary N) is 3. The lowest BCUT2D eigenvalue weighted by Crippen LogP contribution is -2.24. The minimum Gasteiger partial charge on any atom is -0.394 e. The Bertz CT molecular complexity index is 380. The first kappa shape index (κ1) is 56.5. The summed E-state index contributed by atoms with van der Waals surface area (Å²) in [4.78, 5) is 39.5. The van der Waals surface area contributed by atoms with Crippen molar-refractivity contribution in [1.29, 1.82) is 11.1 Å². The normalized spacial score (nSPS) is 5.81. The quantitative estimate of drug-likeness (QED) is 0.0738. The molecular weight excluding hydrogens is 420 g/mol. The maximum Gasteiger partial charge on any atom is 0.310 e. The Morgan fingerprint density at radius 2 is 1.06 bits per heavy atom. The number of nitrogens with two attached hydrogens (primary N) is 1. The van der Waals surface area contributed by atoms with Gasteiger partial charge in [-0.3, -0.25) is 24.5 Å². The average molecular weight is 465 g/mol. The van der Waals surface area contributed by atoms with Gasteiger partial charge in [-0.2, -0.15) is 12.6 Å². The molecule has 5 N–H and O–H groups in total. The third-order valence-electron chi connectivity index (χ3n) is 0.806. The van der Waals surface area contributed by atoms with Crippen LogP contribution in [0.2, 0.25) is 0 Å². The highest BCUT2D eigenvalue weighted by Gasteiger charge is 1.93. The van der Waals surface area contributed by atoms with Gasteiger partial charge in [-0.25, -0.2) is 11.1 Å². The molecular formula is C21H44N4O5S. The molecule has 0 saturated heterocycles. The molecule has 0 aliphatic rings. The number of rotatable bonds is 1. The van der Waals surface area contributed by atoms with Crippen LogP contribution in [0.15, 0.2) is 38.5 Å². The number of hydrogen-bond acceptors (Lipinski definition) is 9. The monoisotopic (exact) mass is 464 g/mol. The van der Waals surface area contributed by atoms with Gasteiger partial charge >= 0.3 is 11.9 Å². The first-order valence-electron chi connectivity index (χ1n) is 7.89. The molecule has 0 rings (SSSR count). The number of hydrogen-bond donors (Lipinski definition) is 5. The van der Waals surface area contributed by atoms with E-state index in [4.69, 9.17) is 16.8 Å². The van der Waals surface area contributed by atoms with Crippen LogP contribution in [-0.4, -0.2) is 36.1 Å². The molecule has 0 unspecified atom stereocenters. The van der Waals surface area contributed by atoms with Crippen molar-refractivity contribution in [3.63, 3.8) is 0 Å². The Labute approximate surface area is 195 Å². The van der Waals surface area contributed by atoms with Crippen molar-refractivity contribution in [1.82, 2.24) is 5.32 Å². The van der Waals surface area contributed by atoms with E-state index in [2.05, 4.69) is 56.5 Å². The van der Waals surface area contributed by atoms with Gasteiger partial charge in [0.1, 0.15) is 0 Å². The summed E-state index contributed by atoms with van der Waals surface area (Å²) in [6.45, 7) is 21.6. The van der Waals surface area contributed by atoms with Crippen LogP contribution in [0.1, 0.15) is 49.0 Å². The molecule has 0 radical (unpaired) electrons. The number of esters is 2. The fourth-order valence-electron chi connectivity index (χ4n) is 0.450. The summed E-state index contributed by atoms with van der Waals surface area (Å²) in [6, 6.07) is 0.333. The van der Waals surface area contributed by atoms with Gasteiger partial charge in [0.2, 0.25) is 11.8 Å². The van der Waals surface area contributed by atoms with Crippen molar-refractivity contribution < 1.29 is 23.9 Å². The van der Waals surface area contributed by atoms with E-state index in [0.717, 1.165) is 0 Å². The topological polar surface area (TPSA) is 163 Å². The summed E-state index contributed by atoms with van der Waals surface area (Å²) in [5.74, 6) is -1.75. The zero-order valence-corrected chi connectivity index (χ0v) is 20.2. The number of amides is 2. The maximum atomic E-state index is 9.92. The summed E-state index contributed by atoms with van der Waals surface area (Å²) < 4.78 is 3.97. The summed E-state index contributed by atoms with van der Waals surface area (Å²) in [6.07, 6.45) is 13.0. The average Bonchev–Trinajstić information content (AvgIpc) is 2.66. The molecule has 31 heavy (non-hydrogen) atoms. The molecule has 0 bridgehead atoms. The lowest BCUT2D eigenvalue weighted by atomic mass is 10.5. The van der Waals surface area contributed by atoms with Crippen molar-refractivity contribution in [2.24, 2.45) is 5.73 Å². The summed E-state index contributed by atoms with van der Waals surface area (Å²) in [5, 5.41) is 2.03. The number of allylic oxidation sites excluding steroid dienone is 2. The number of terminal acetylenes is 1. The molecule has 184 valence electrons. The van der Waals surface area contributed by atoms with E-state index in [-0.39, 0.29) is 19.2 Å². The lowest BCUT2D eigenvalue weighted by Gasteiger charge is -1.88. The molecule has 0 aromatic carbocycles. The Morgan fingerprint density at radius 1 is 0.903 bits per heavy atom. The molecule has 0 spiro atoms. The second-order valence-electron chi connectivity index (χ2n) is 4.04. The van der Waals surface area contributed by atoms with Crippen LogP contribution in [0.3, 0.4) is 0 Å². The standard InChI is InChI=1S/C4H7NO2.C4H6O3.C4H6.C3H9N.C2H4.C2H2.CH4S.CH4.H2N2/c1-3(6)5-4(2)7;1-3(5)7-4(2)6;1-3-4-2;1-3(2)4;3*1-2;;1-2/h1-2H3,(H,5,6,7);1-2H3;3-4H,1-2H2;3H,4H2,1-2H3;1-2H2;1-2H;2H,1H3;1H4;1-2H. The van der Waals surface area contributed by atoms with Crippen LogP contribution in [0.25, 0.3) is 0 Å². The van der Waals surface area contributed by atoms with E-state index in [1.807, 2.05) is 19.2 Å². The van der Waals surface area contributed by atoms with E-state index in [9.17, 15) is 19.2 Å². The van der Waals surface area contributed by atoms with Crippen LogP contribution in [0.4, 0.5) is 0 Å². The number of ether oxygens (including phenoxy) is 1. The molecule has 0 heterocycles. The van der Waals surface area contributed by atoms with Crippen molar-refractivity contribution in [2.45, 2.75) is 55.0 Å². The third kappa shape index (κ3) is 472. The summed E-state index contributed by atoms with van der Waals surface area (Å²) >= 11 is 3.53. The molecule has 9 nitrogen and oxygen atoms in total. The maximum absolute atomic E-state index is 9.92. The van der Waals surface area contributed by atoms with Crippen LogP contribution in [0.5, 0.6) is 0 Å². The Balaban J connectivity index is -0.0000000270. The van der Waals surface area contributed by atoms with Crippen LogP contribution < -0.4 is 11.1 Å². The Morgan fingerprint density at radius 3 is 1.06 bits per heavy atom. The summed E-state index contributed by atoms with van der Waals surface area (Å²) in [7, 11) is 0. The smallest absolute Gasteiger partial charge is 0.310 e. The van der Waals surface area contributed by atoms with E-state index in [1.165, 1.54) is 27.7 Å². The Kier molecular flexibility index (Phi) is 130. The number of carbonyl (C=O) groups excluding carboxylic acids is 4. The van der Waals surface area contributed by atoms with Crippen LogP contribution in [-0.2, 0) is 23.9 Å². The number of imide groups is 1. The third-order valence-corrected chi connectivity index (χ3v) is 0.806. The minimum atomic E-state index is -0.562. The highest BCUT2D eigenvalue weighted by Crippen LogP contribution is 1.73. The molecule has 0 aromatic rings. The van der Waals surface area contributed by atoms with E-state index in [1.54, 1.807) is 18.4 Å². The van der Waals surface area contributed by atoms with Gasteiger partial charge in [-0.05, 0) is 12.3 Å².